The van der Waals surface area contributed by atoms with E-state index in [0.717, 1.165) is 0 Å². The molecule has 0 bridgehead atoms. The average Bonchev–Trinajstić information content (AvgIpc) is 1.00. The summed E-state index contributed by atoms with van der Waals surface area (Å²) in [6.45, 7) is 0. The summed E-state index contributed by atoms with van der Waals surface area (Å²) in [4.78, 5) is 0. The Bertz CT molecular complexity index is 11.6. The molecule has 5 heteroatoms. The SMILES string of the molecule is O=[Te].[BiH3].[Mn].[PbH2]. The molecule has 0 saturated heterocycles. The van der Waals surface area contributed by atoms with Gasteiger partial charge in [0.25, 0.3) is 0 Å². The van der Waals surface area contributed by atoms with Gasteiger partial charge in [0.05, 0.1) is 0 Å². The van der Waals surface area contributed by atoms with Crippen LogP contribution in [-0.4, -0.2) is 75.8 Å². The monoisotopic (exact) mass is 623 g/mol. The second-order valence-corrected chi connectivity index (χ2v) is 0. The van der Waals surface area contributed by atoms with Gasteiger partial charge in [-0.3, -0.25) is 0 Å². The van der Waals surface area contributed by atoms with Gasteiger partial charge in [0.15, 0.2) is 0 Å². The maximum atomic E-state index is 8.26. The summed E-state index contributed by atoms with van der Waals surface area (Å²) in [5.41, 5.74) is 0. The fraction of sp³-hybridized carbons (Fsp3) is 0. The minimum absolute atomic E-state index is 0. The van der Waals surface area contributed by atoms with Crippen LogP contribution in [-0.2, 0) is 20.2 Å². The first kappa shape index (κ1) is 24.7. The molecule has 0 aromatic heterocycles. The van der Waals surface area contributed by atoms with Gasteiger partial charge in [-0.25, -0.2) is 0 Å². The molecule has 0 N–H and O–H groups in total. The normalized spacial score (nSPS) is 0.800. The Morgan fingerprint density at radius 2 is 1.20 bits per heavy atom. The van der Waals surface area contributed by atoms with Crippen molar-refractivity contribution in [1.29, 1.82) is 0 Å². The predicted molar refractivity (Wildman–Crippen MR) is 24.9 cm³/mol. The Balaban J connectivity index is -0.00000000167. The van der Waals surface area contributed by atoms with Crippen LogP contribution in [0.2, 0.25) is 0 Å². The summed E-state index contributed by atoms with van der Waals surface area (Å²) in [5.74, 6) is 0. The summed E-state index contributed by atoms with van der Waals surface area (Å²) in [5, 5.41) is 0. The van der Waals surface area contributed by atoms with E-state index in [2.05, 4.69) is 0 Å². The van der Waals surface area contributed by atoms with E-state index in [1.54, 1.807) is 0 Å². The van der Waals surface area contributed by atoms with Gasteiger partial charge in [-0.2, -0.15) is 0 Å². The van der Waals surface area contributed by atoms with Gasteiger partial charge in [-0.1, -0.05) is 0 Å². The van der Waals surface area contributed by atoms with E-state index >= 15 is 0 Å². The molecule has 0 atom stereocenters. The van der Waals surface area contributed by atoms with Crippen molar-refractivity contribution < 1.29 is 20.2 Å². The Kier molecular flexibility index (Phi) is 141. The van der Waals surface area contributed by atoms with Gasteiger partial charge in [0.2, 0.25) is 0 Å². The molecular weight excluding hydrogens is 615 g/mol. The van der Waals surface area contributed by atoms with Crippen LogP contribution >= 0.6 is 0 Å². The summed E-state index contributed by atoms with van der Waals surface area (Å²) >= 11 is 0.700. The molecule has 5 heavy (non-hydrogen) atoms. The van der Waals surface area contributed by atoms with Crippen LogP contribution in [0.15, 0.2) is 0 Å². The van der Waals surface area contributed by atoms with Gasteiger partial charge in [-0.15, -0.1) is 0 Å². The Morgan fingerprint density at radius 1 is 1.20 bits per heavy atom. The molecule has 0 rings (SSSR count). The van der Waals surface area contributed by atoms with Gasteiger partial charge >= 0.3 is 78.9 Å². The number of hydrogen-bond donors (Lipinski definition) is 0. The van der Waals surface area contributed by atoms with Crippen LogP contribution in [0.5, 0.6) is 0 Å². The molecule has 0 aliphatic rings. The third kappa shape index (κ3) is 19.7. The fourth-order valence-electron chi connectivity index (χ4n) is 0. The zero-order valence-corrected chi connectivity index (χ0v) is 17.1. The molecule has 33 valence electrons. The van der Waals surface area contributed by atoms with E-state index in [1.165, 1.54) is 0 Å². The van der Waals surface area contributed by atoms with E-state index < -0.39 is 0 Å². The molecule has 0 aromatic carbocycles. The first-order valence-corrected chi connectivity index (χ1v) is 1.12. The van der Waals surface area contributed by atoms with Crippen molar-refractivity contribution in [2.75, 3.05) is 0 Å². The summed E-state index contributed by atoms with van der Waals surface area (Å²) < 4.78 is 8.26. The van der Waals surface area contributed by atoms with Crippen LogP contribution in [0.1, 0.15) is 0 Å². The molecule has 0 aromatic rings. The van der Waals surface area contributed by atoms with E-state index in [0.29, 0.717) is 22.3 Å². The molecule has 0 heterocycles. The molecule has 0 unspecified atom stereocenters. The van der Waals surface area contributed by atoms with E-state index in [1.807, 2.05) is 0 Å². The molecule has 0 amide bonds. The second-order valence-electron chi connectivity index (χ2n) is 0. The van der Waals surface area contributed by atoms with E-state index in [9.17, 15) is 0 Å². The van der Waals surface area contributed by atoms with Crippen molar-refractivity contribution in [3.8, 4) is 0 Å². The van der Waals surface area contributed by atoms with Crippen molar-refractivity contribution in [1.82, 2.24) is 0 Å². The van der Waals surface area contributed by atoms with Gasteiger partial charge in [-0.05, 0) is 0 Å². The van der Waals surface area contributed by atoms with Crippen molar-refractivity contribution in [2.45, 2.75) is 0 Å². The molecule has 0 saturated carbocycles. The zero-order chi connectivity index (χ0) is 2.00. The van der Waals surface area contributed by atoms with Gasteiger partial charge < -0.3 is 0 Å². The first-order chi connectivity index (χ1) is 1.00. The third-order valence-corrected chi connectivity index (χ3v) is 0. The fourth-order valence-corrected chi connectivity index (χ4v) is 0. The quantitative estimate of drug-likeness (QED) is 0.272. The number of rotatable bonds is 0. The Labute approximate surface area is 94.1 Å². The summed E-state index contributed by atoms with van der Waals surface area (Å²) in [6.07, 6.45) is 0. The average molecular weight is 620 g/mol. The van der Waals surface area contributed by atoms with E-state index in [-0.39, 0.29) is 70.6 Å². The predicted octanol–water partition coefficient (Wildman–Crippen LogP) is -2.60. The molecule has 0 aliphatic carbocycles. The molecule has 0 spiro atoms. The van der Waals surface area contributed by atoms with Crippen LogP contribution in [0.3, 0.4) is 0 Å². The van der Waals surface area contributed by atoms with Gasteiger partial charge in [0, 0.05) is 17.1 Å². The summed E-state index contributed by atoms with van der Waals surface area (Å²) in [6, 6.07) is 0. The zero-order valence-electron chi connectivity index (χ0n) is 2.61. The minimum atomic E-state index is 0. The number of hydrogen-bond acceptors (Lipinski definition) is 1. The maximum absolute atomic E-state index is 8.26. The van der Waals surface area contributed by atoms with Crippen LogP contribution in [0.4, 0.5) is 0 Å². The Morgan fingerprint density at radius 3 is 1.20 bits per heavy atom. The first-order valence-electron chi connectivity index (χ1n) is 0.167. The van der Waals surface area contributed by atoms with Crippen molar-refractivity contribution in [3.63, 3.8) is 0 Å². The molecule has 0 aliphatic heterocycles. The molecular formula is H5BiMnOPbTe. The van der Waals surface area contributed by atoms with E-state index in [4.69, 9.17) is 3.10 Å². The topological polar surface area (TPSA) is 17.1 Å². The Hall–Kier alpha value is 2.91. The summed E-state index contributed by atoms with van der Waals surface area (Å²) in [7, 11) is 0. The van der Waals surface area contributed by atoms with Crippen LogP contribution < -0.4 is 0 Å². The van der Waals surface area contributed by atoms with Crippen molar-refractivity contribution in [2.24, 2.45) is 0 Å². The standard InChI is InChI=1S/Bi.Mn.OTe.Pb.5H/c;;1-2;;;;;;. The molecule has 1 nitrogen and oxygen atoms in total. The second kappa shape index (κ2) is 28.5. The van der Waals surface area contributed by atoms with Crippen molar-refractivity contribution in [3.05, 3.63) is 0 Å². The molecule has 0 fully saturated rings. The third-order valence-electron chi connectivity index (χ3n) is 0. The van der Waals surface area contributed by atoms with Gasteiger partial charge in [0.1, 0.15) is 0 Å². The van der Waals surface area contributed by atoms with Crippen LogP contribution in [0.25, 0.3) is 0 Å². The van der Waals surface area contributed by atoms with Crippen molar-refractivity contribution >= 4 is 75.8 Å². The molecule has 3 radical (unpaired) electrons. The van der Waals surface area contributed by atoms with Crippen LogP contribution in [0, 0.1) is 0 Å².